The van der Waals surface area contributed by atoms with E-state index in [0.717, 1.165) is 28.4 Å². The van der Waals surface area contributed by atoms with Gasteiger partial charge in [-0.15, -0.1) is 11.3 Å². The maximum atomic E-state index is 14.5. The van der Waals surface area contributed by atoms with Gasteiger partial charge in [-0.25, -0.2) is 4.39 Å². The van der Waals surface area contributed by atoms with Crippen molar-refractivity contribution in [1.82, 2.24) is 4.57 Å². The molecule has 0 spiro atoms. The Morgan fingerprint density at radius 2 is 1.16 bits per heavy atom. The summed E-state index contributed by atoms with van der Waals surface area (Å²) in [7, 11) is 0. The smallest absolute Gasteiger partial charge is 0.265 e. The highest BCUT2D eigenvalue weighted by Gasteiger charge is 2.46. The van der Waals surface area contributed by atoms with E-state index in [4.69, 9.17) is 0 Å². The molecule has 11 rings (SSSR count). The molecule has 4 heterocycles. The molecule has 51 heavy (non-hydrogen) atoms. The molecule has 9 aromatic rings. The average molecular weight is 674 g/mol. The molecule has 0 saturated carbocycles. The van der Waals surface area contributed by atoms with Crippen LogP contribution in [0.25, 0.3) is 37.6 Å². The number of para-hydroxylation sites is 2. The number of rotatable bonds is 3. The first kappa shape index (κ1) is 28.7. The van der Waals surface area contributed by atoms with Crippen LogP contribution in [0.5, 0.6) is 0 Å². The van der Waals surface area contributed by atoms with Crippen LogP contribution in [0, 0.1) is 12.7 Å². The fourth-order valence-electron chi connectivity index (χ4n) is 8.61. The quantitative estimate of drug-likeness (QED) is 0.173. The van der Waals surface area contributed by atoms with E-state index in [1.54, 1.807) is 12.1 Å². The number of halogens is 1. The molecule has 3 nitrogen and oxygen atoms in total. The maximum absolute atomic E-state index is 14.5. The molecule has 0 fully saturated rings. The first-order valence-corrected chi connectivity index (χ1v) is 18.2. The monoisotopic (exact) mass is 673 g/mol. The van der Waals surface area contributed by atoms with E-state index >= 15 is 0 Å². The number of anilines is 6. The van der Waals surface area contributed by atoms with E-state index in [-0.39, 0.29) is 12.5 Å². The predicted octanol–water partition coefficient (Wildman–Crippen LogP) is 10.5. The Balaban J connectivity index is 1.32. The van der Waals surface area contributed by atoms with Gasteiger partial charge in [0, 0.05) is 59.8 Å². The summed E-state index contributed by atoms with van der Waals surface area (Å²) in [6, 6.07) is 55.4. The van der Waals surface area contributed by atoms with Crippen molar-refractivity contribution < 1.29 is 4.39 Å². The van der Waals surface area contributed by atoms with Gasteiger partial charge in [0.25, 0.3) is 6.71 Å². The number of aryl methyl sites for hydroxylation is 1. The van der Waals surface area contributed by atoms with Crippen LogP contribution in [-0.2, 0) is 0 Å². The van der Waals surface area contributed by atoms with Gasteiger partial charge in [0.1, 0.15) is 5.82 Å². The summed E-state index contributed by atoms with van der Waals surface area (Å²) in [4.78, 5) is 4.83. The van der Waals surface area contributed by atoms with Gasteiger partial charge in [-0.2, -0.15) is 0 Å². The van der Waals surface area contributed by atoms with Crippen LogP contribution in [0.15, 0.2) is 158 Å². The van der Waals surface area contributed by atoms with Gasteiger partial charge >= 0.3 is 0 Å². The van der Waals surface area contributed by atoms with Crippen molar-refractivity contribution >= 4 is 99.8 Å². The third-order valence-corrected chi connectivity index (χ3v) is 11.9. The molecule has 7 aromatic carbocycles. The van der Waals surface area contributed by atoms with Crippen molar-refractivity contribution in [2.45, 2.75) is 6.92 Å². The van der Waals surface area contributed by atoms with Crippen LogP contribution >= 0.6 is 11.3 Å². The minimum Gasteiger partial charge on any atom is -0.311 e. The van der Waals surface area contributed by atoms with E-state index in [2.05, 4.69) is 155 Å². The second kappa shape index (κ2) is 10.7. The fraction of sp³-hybridized carbons (Fsp3) is 0.0222. The largest absolute Gasteiger partial charge is 0.311 e. The van der Waals surface area contributed by atoms with Gasteiger partial charge in [-0.05, 0) is 103 Å². The summed E-state index contributed by atoms with van der Waals surface area (Å²) < 4.78 is 19.5. The molecule has 6 heteroatoms. The molecule has 240 valence electrons. The lowest BCUT2D eigenvalue weighted by Gasteiger charge is -2.43. The number of fused-ring (bicyclic) bond motifs is 10. The Morgan fingerprint density at radius 3 is 1.96 bits per heavy atom. The second-order valence-corrected chi connectivity index (χ2v) is 14.6. The van der Waals surface area contributed by atoms with Crippen LogP contribution in [0.3, 0.4) is 0 Å². The molecule has 0 bridgehead atoms. The summed E-state index contributed by atoms with van der Waals surface area (Å²) in [5, 5.41) is 3.73. The highest BCUT2D eigenvalue weighted by molar-refractivity contribution is 7.34. The lowest BCUT2D eigenvalue weighted by molar-refractivity contribution is 0.628. The maximum Gasteiger partial charge on any atom is 0.265 e. The topological polar surface area (TPSA) is 11.4 Å². The number of aromatic nitrogens is 1. The highest BCUT2D eigenvalue weighted by Crippen LogP contribution is 2.49. The minimum absolute atomic E-state index is 0.0317. The van der Waals surface area contributed by atoms with Crippen LogP contribution < -0.4 is 25.5 Å². The summed E-state index contributed by atoms with van der Waals surface area (Å²) >= 11 is 1.90. The van der Waals surface area contributed by atoms with E-state index in [0.29, 0.717) is 0 Å². The molecule has 0 N–H and O–H groups in total. The fourth-order valence-corrected chi connectivity index (χ4v) is 9.92. The molecule has 0 amide bonds. The lowest BCUT2D eigenvalue weighted by Crippen LogP contribution is -2.60. The molecular weight excluding hydrogens is 644 g/mol. The van der Waals surface area contributed by atoms with Crippen molar-refractivity contribution in [3.8, 4) is 5.69 Å². The van der Waals surface area contributed by atoms with Gasteiger partial charge in [-0.1, -0.05) is 78.4 Å². The normalized spacial score (nSPS) is 13.2. The SMILES string of the molecule is Cc1ccc(N2c3cccc4c3B(c3sc5ccccc5c32)c2c(ccc3c2c2ccccc2n3-c2ccccc2)N4c2ccc(F)cc2)cc1. The zero-order chi connectivity index (χ0) is 33.8. The molecule has 0 radical (unpaired) electrons. The molecular formula is C45H29BFN3S. The van der Waals surface area contributed by atoms with Crippen LogP contribution in [0.2, 0.25) is 0 Å². The molecule has 2 aliphatic rings. The Bertz CT molecular complexity index is 2840. The Labute approximate surface area is 299 Å². The first-order valence-electron chi connectivity index (χ1n) is 17.3. The van der Waals surface area contributed by atoms with Gasteiger partial charge in [0.2, 0.25) is 0 Å². The van der Waals surface area contributed by atoms with E-state index in [1.807, 2.05) is 23.5 Å². The molecule has 2 aliphatic heterocycles. The van der Waals surface area contributed by atoms with Crippen molar-refractivity contribution in [3.05, 3.63) is 169 Å². The molecule has 0 atom stereocenters. The summed E-state index contributed by atoms with van der Waals surface area (Å²) in [6.45, 7) is 2.11. The number of hydrogen-bond donors (Lipinski definition) is 0. The molecule has 0 aliphatic carbocycles. The number of thiophene rings is 1. The number of nitrogens with zero attached hydrogens (tertiary/aromatic N) is 3. The average Bonchev–Trinajstić information content (AvgIpc) is 3.72. The van der Waals surface area contributed by atoms with Crippen molar-refractivity contribution in [3.63, 3.8) is 0 Å². The van der Waals surface area contributed by atoms with Crippen LogP contribution in [0.4, 0.5) is 38.5 Å². The third-order valence-electron chi connectivity index (χ3n) is 10.7. The Kier molecular flexibility index (Phi) is 6.02. The summed E-state index contributed by atoms with van der Waals surface area (Å²) in [5.41, 5.74) is 14.0. The third kappa shape index (κ3) is 3.99. The van der Waals surface area contributed by atoms with Crippen molar-refractivity contribution in [2.75, 3.05) is 9.80 Å². The van der Waals surface area contributed by atoms with Crippen LogP contribution in [0.1, 0.15) is 5.56 Å². The van der Waals surface area contributed by atoms with Crippen molar-refractivity contribution in [2.24, 2.45) is 0 Å². The number of hydrogen-bond acceptors (Lipinski definition) is 3. The molecule has 0 unspecified atom stereocenters. The zero-order valence-corrected chi connectivity index (χ0v) is 28.5. The summed E-state index contributed by atoms with van der Waals surface area (Å²) in [6.07, 6.45) is 0. The van der Waals surface area contributed by atoms with Gasteiger partial charge in [-0.3, -0.25) is 0 Å². The van der Waals surface area contributed by atoms with Gasteiger partial charge < -0.3 is 14.4 Å². The minimum atomic E-state index is -0.245. The van der Waals surface area contributed by atoms with E-state index < -0.39 is 0 Å². The Morgan fingerprint density at radius 1 is 0.510 bits per heavy atom. The highest BCUT2D eigenvalue weighted by atomic mass is 32.1. The number of benzene rings is 7. The molecule has 2 aromatic heterocycles. The molecule has 0 saturated heterocycles. The van der Waals surface area contributed by atoms with Gasteiger partial charge in [0.05, 0.1) is 16.7 Å². The van der Waals surface area contributed by atoms with Crippen molar-refractivity contribution in [1.29, 1.82) is 0 Å². The van der Waals surface area contributed by atoms with E-state index in [1.165, 1.54) is 64.5 Å². The van der Waals surface area contributed by atoms with Crippen LogP contribution in [-0.4, -0.2) is 11.3 Å². The standard InChI is InChI=1S/C45H29BFN3S/c1-28-18-22-32(23-19-28)50-38-16-9-15-37-42(38)46(45-44(50)34-13-6-8-17-40(34)51-45)43-39(49(37)31-24-20-29(47)21-25-31)27-26-36-41(43)33-12-5-7-14-35(33)48(36)30-10-3-2-4-11-30/h2-27H,1H3. The summed E-state index contributed by atoms with van der Waals surface area (Å²) in [5.74, 6) is -0.245. The predicted molar refractivity (Wildman–Crippen MR) is 215 cm³/mol. The second-order valence-electron chi connectivity index (χ2n) is 13.5. The Hall–Kier alpha value is -6.11. The lowest BCUT2D eigenvalue weighted by atomic mass is 9.35. The van der Waals surface area contributed by atoms with E-state index in [9.17, 15) is 4.39 Å². The zero-order valence-electron chi connectivity index (χ0n) is 27.7. The first-order chi connectivity index (χ1) is 25.2. The van der Waals surface area contributed by atoms with Gasteiger partial charge in [0.15, 0.2) is 0 Å².